The Morgan fingerprint density at radius 1 is 1.26 bits per heavy atom. The molecule has 2 aromatic rings. The van der Waals surface area contributed by atoms with Crippen LogP contribution in [0.15, 0.2) is 42.6 Å². The van der Waals surface area contributed by atoms with E-state index in [1.807, 2.05) is 36.5 Å². The smallest absolute Gasteiger partial charge is 0.242 e. The number of carbonyl (C=O) groups excluding carboxylic acids is 1. The Morgan fingerprint density at radius 3 is 2.65 bits per heavy atom. The van der Waals surface area contributed by atoms with Crippen LogP contribution in [0, 0.1) is 5.92 Å². The van der Waals surface area contributed by atoms with E-state index in [4.69, 9.17) is 10.5 Å². The molecular formula is C16H21ClN4O2. The number of amides is 1. The van der Waals surface area contributed by atoms with Gasteiger partial charge >= 0.3 is 0 Å². The van der Waals surface area contributed by atoms with Crippen LogP contribution in [0.4, 0.5) is 5.82 Å². The molecule has 3 rings (SSSR count). The quantitative estimate of drug-likeness (QED) is 0.894. The Kier molecular flexibility index (Phi) is 6.15. The molecule has 7 heteroatoms. The number of rotatable bonds is 4. The molecule has 1 fully saturated rings. The van der Waals surface area contributed by atoms with Gasteiger partial charge in [-0.15, -0.1) is 12.4 Å². The molecule has 0 aliphatic carbocycles. The van der Waals surface area contributed by atoms with Crippen molar-refractivity contribution in [3.8, 4) is 5.69 Å². The number of nitrogens with one attached hydrogen (secondary N) is 1. The minimum Gasteiger partial charge on any atom is -0.381 e. The van der Waals surface area contributed by atoms with E-state index < -0.39 is 6.04 Å². The summed E-state index contributed by atoms with van der Waals surface area (Å²) in [5.41, 5.74) is 7.00. The number of benzene rings is 1. The second kappa shape index (κ2) is 8.10. The van der Waals surface area contributed by atoms with Crippen molar-refractivity contribution in [2.45, 2.75) is 18.9 Å². The number of nitrogens with zero attached hydrogens (tertiary/aromatic N) is 2. The third-order valence-corrected chi connectivity index (χ3v) is 3.94. The Balaban J connectivity index is 0.00000192. The fourth-order valence-electron chi connectivity index (χ4n) is 2.61. The molecule has 1 saturated heterocycles. The lowest BCUT2D eigenvalue weighted by atomic mass is 9.92. The molecule has 1 aliphatic heterocycles. The highest BCUT2D eigenvalue weighted by Gasteiger charge is 2.26. The van der Waals surface area contributed by atoms with Crippen molar-refractivity contribution in [1.82, 2.24) is 9.78 Å². The summed E-state index contributed by atoms with van der Waals surface area (Å²) < 4.78 is 7.02. The first-order valence-corrected chi connectivity index (χ1v) is 7.49. The molecule has 23 heavy (non-hydrogen) atoms. The lowest BCUT2D eigenvalue weighted by Crippen LogP contribution is -2.44. The SMILES string of the molecule is Cl.NC(C(=O)Nc1ccn(-c2ccccc2)n1)C1CCOCC1. The number of para-hydroxylation sites is 1. The van der Waals surface area contributed by atoms with Crippen LogP contribution in [0.2, 0.25) is 0 Å². The van der Waals surface area contributed by atoms with Crippen LogP contribution in [0.1, 0.15) is 12.8 Å². The second-order valence-electron chi connectivity index (χ2n) is 5.45. The number of hydrogen-bond acceptors (Lipinski definition) is 4. The summed E-state index contributed by atoms with van der Waals surface area (Å²) >= 11 is 0. The highest BCUT2D eigenvalue weighted by molar-refractivity contribution is 5.94. The monoisotopic (exact) mass is 336 g/mol. The van der Waals surface area contributed by atoms with E-state index >= 15 is 0 Å². The van der Waals surface area contributed by atoms with Gasteiger partial charge in [0.25, 0.3) is 0 Å². The van der Waals surface area contributed by atoms with Gasteiger partial charge < -0.3 is 15.8 Å². The molecule has 124 valence electrons. The van der Waals surface area contributed by atoms with Gasteiger partial charge in [0.15, 0.2) is 5.82 Å². The number of anilines is 1. The first-order valence-electron chi connectivity index (χ1n) is 7.49. The first kappa shape index (κ1) is 17.5. The first-order chi connectivity index (χ1) is 10.7. The number of ether oxygens (including phenoxy) is 1. The molecule has 0 spiro atoms. The highest BCUT2D eigenvalue weighted by Crippen LogP contribution is 2.18. The minimum atomic E-state index is -0.522. The summed E-state index contributed by atoms with van der Waals surface area (Å²) in [4.78, 5) is 12.2. The van der Waals surface area contributed by atoms with Crippen molar-refractivity contribution >= 4 is 24.1 Å². The van der Waals surface area contributed by atoms with Crippen molar-refractivity contribution in [3.05, 3.63) is 42.6 Å². The Labute approximate surface area is 141 Å². The average molecular weight is 337 g/mol. The topological polar surface area (TPSA) is 82.2 Å². The summed E-state index contributed by atoms with van der Waals surface area (Å²) in [6.45, 7) is 1.35. The molecule has 1 aromatic carbocycles. The van der Waals surface area contributed by atoms with Crippen molar-refractivity contribution < 1.29 is 9.53 Å². The van der Waals surface area contributed by atoms with E-state index in [-0.39, 0.29) is 24.2 Å². The molecule has 1 amide bonds. The standard InChI is InChI=1S/C16H20N4O2.ClH/c17-15(12-7-10-22-11-8-12)16(21)18-14-6-9-20(19-14)13-4-2-1-3-5-13;/h1-6,9,12,15H,7-8,10-11,17H2,(H,18,19,21);1H. The van der Waals surface area contributed by atoms with Gasteiger partial charge in [-0.05, 0) is 30.9 Å². The summed E-state index contributed by atoms with van der Waals surface area (Å²) in [7, 11) is 0. The average Bonchev–Trinajstić information content (AvgIpc) is 3.04. The molecule has 2 heterocycles. The summed E-state index contributed by atoms with van der Waals surface area (Å²) in [5, 5.41) is 7.14. The highest BCUT2D eigenvalue weighted by atomic mass is 35.5. The van der Waals surface area contributed by atoms with Crippen molar-refractivity contribution in [2.24, 2.45) is 11.7 Å². The van der Waals surface area contributed by atoms with E-state index in [2.05, 4.69) is 10.4 Å². The van der Waals surface area contributed by atoms with Crippen molar-refractivity contribution in [3.63, 3.8) is 0 Å². The zero-order chi connectivity index (χ0) is 15.4. The number of halogens is 1. The number of nitrogens with two attached hydrogens (primary N) is 1. The Bertz CT molecular complexity index is 626. The lowest BCUT2D eigenvalue weighted by Gasteiger charge is -2.26. The predicted octanol–water partition coefficient (Wildman–Crippen LogP) is 1.99. The summed E-state index contributed by atoms with van der Waals surface area (Å²) in [5.74, 6) is 0.492. The Hall–Kier alpha value is -1.89. The normalized spacial score (nSPS) is 16.4. The fourth-order valence-corrected chi connectivity index (χ4v) is 2.61. The number of carbonyl (C=O) groups is 1. The van der Waals surface area contributed by atoms with E-state index in [0.717, 1.165) is 18.5 Å². The predicted molar refractivity (Wildman–Crippen MR) is 91.0 cm³/mol. The molecule has 1 aromatic heterocycles. The molecule has 1 aliphatic rings. The fraction of sp³-hybridized carbons (Fsp3) is 0.375. The zero-order valence-electron chi connectivity index (χ0n) is 12.7. The molecule has 6 nitrogen and oxygen atoms in total. The molecule has 3 N–H and O–H groups in total. The third-order valence-electron chi connectivity index (χ3n) is 3.94. The molecular weight excluding hydrogens is 316 g/mol. The van der Waals surface area contributed by atoms with Gasteiger partial charge in [-0.1, -0.05) is 18.2 Å². The third kappa shape index (κ3) is 4.31. The van der Waals surface area contributed by atoms with Crippen molar-refractivity contribution in [1.29, 1.82) is 0 Å². The van der Waals surface area contributed by atoms with E-state index in [0.29, 0.717) is 19.0 Å². The van der Waals surface area contributed by atoms with E-state index in [1.54, 1.807) is 10.7 Å². The number of hydrogen-bond donors (Lipinski definition) is 2. The molecule has 0 saturated carbocycles. The largest absolute Gasteiger partial charge is 0.381 e. The van der Waals surface area contributed by atoms with Crippen LogP contribution in [0.5, 0.6) is 0 Å². The lowest BCUT2D eigenvalue weighted by molar-refractivity contribution is -0.119. The van der Waals surface area contributed by atoms with Crippen LogP contribution in [0.3, 0.4) is 0 Å². The summed E-state index contributed by atoms with van der Waals surface area (Å²) in [6.07, 6.45) is 3.46. The van der Waals surface area contributed by atoms with Crippen LogP contribution in [-0.2, 0) is 9.53 Å². The van der Waals surface area contributed by atoms with Crippen molar-refractivity contribution in [2.75, 3.05) is 18.5 Å². The van der Waals surface area contributed by atoms with Gasteiger partial charge in [0.2, 0.25) is 5.91 Å². The molecule has 1 unspecified atom stereocenters. The zero-order valence-corrected chi connectivity index (χ0v) is 13.5. The minimum absolute atomic E-state index is 0. The van der Waals surface area contributed by atoms with E-state index in [1.165, 1.54) is 0 Å². The van der Waals surface area contributed by atoms with Gasteiger partial charge in [0, 0.05) is 25.5 Å². The Morgan fingerprint density at radius 2 is 1.96 bits per heavy atom. The van der Waals surface area contributed by atoms with Crippen LogP contribution < -0.4 is 11.1 Å². The maximum atomic E-state index is 12.2. The number of aromatic nitrogens is 2. The second-order valence-corrected chi connectivity index (χ2v) is 5.45. The molecule has 1 atom stereocenters. The van der Waals surface area contributed by atoms with Gasteiger partial charge in [-0.3, -0.25) is 4.79 Å². The maximum Gasteiger partial charge on any atom is 0.242 e. The maximum absolute atomic E-state index is 12.2. The van der Waals surface area contributed by atoms with Gasteiger partial charge in [-0.2, -0.15) is 5.10 Å². The molecule has 0 radical (unpaired) electrons. The van der Waals surface area contributed by atoms with Gasteiger partial charge in [0.1, 0.15) is 0 Å². The van der Waals surface area contributed by atoms with E-state index in [9.17, 15) is 4.79 Å². The van der Waals surface area contributed by atoms with Gasteiger partial charge in [0.05, 0.1) is 11.7 Å². The van der Waals surface area contributed by atoms with Crippen LogP contribution >= 0.6 is 12.4 Å². The van der Waals surface area contributed by atoms with Crippen LogP contribution in [0.25, 0.3) is 5.69 Å². The van der Waals surface area contributed by atoms with Crippen LogP contribution in [-0.4, -0.2) is 34.9 Å². The summed E-state index contributed by atoms with van der Waals surface area (Å²) in [6, 6.07) is 11.0. The van der Waals surface area contributed by atoms with Gasteiger partial charge in [-0.25, -0.2) is 4.68 Å². The molecule has 0 bridgehead atoms.